The first-order chi connectivity index (χ1) is 34.6. The monoisotopic (exact) mass is 893 g/mol. The summed E-state index contributed by atoms with van der Waals surface area (Å²) in [7, 11) is 0. The molecule has 0 bridgehead atoms. The minimum atomic E-state index is -0.517. The summed E-state index contributed by atoms with van der Waals surface area (Å²) in [4.78, 5) is 2.39. The van der Waals surface area contributed by atoms with Crippen LogP contribution in [0.2, 0.25) is 0 Å². The van der Waals surface area contributed by atoms with E-state index in [4.69, 9.17) is 0 Å². The lowest BCUT2D eigenvalue weighted by atomic mass is 9.52. The Kier molecular flexibility index (Phi) is 8.96. The minimum absolute atomic E-state index is 0.111. The van der Waals surface area contributed by atoms with Crippen molar-refractivity contribution in [2.45, 2.75) is 42.9 Å². The first-order valence-electron chi connectivity index (χ1n) is 25.1. The first-order valence-corrected chi connectivity index (χ1v) is 25.1. The number of fused-ring (bicyclic) bond motifs is 19. The number of para-hydroxylation sites is 2. The zero-order valence-electron chi connectivity index (χ0n) is 39.5. The van der Waals surface area contributed by atoms with Crippen LogP contribution >= 0.6 is 0 Å². The number of benzene rings is 10. The molecule has 0 heterocycles. The Bertz CT molecular complexity index is 3630. The van der Waals surface area contributed by atoms with Crippen molar-refractivity contribution in [3.8, 4) is 33.4 Å². The topological polar surface area (TPSA) is 3.24 Å². The minimum Gasteiger partial charge on any atom is -0.310 e. The smallest absolute Gasteiger partial charge is 0.0720 e. The zero-order chi connectivity index (χ0) is 46.6. The van der Waals surface area contributed by atoms with Gasteiger partial charge in [-0.1, -0.05) is 220 Å². The van der Waals surface area contributed by atoms with Crippen molar-refractivity contribution < 1.29 is 0 Å². The highest BCUT2D eigenvalue weighted by molar-refractivity contribution is 5.94. The fraction of sp³-hybridized carbons (Fsp3) is 0.101. The van der Waals surface area contributed by atoms with E-state index in [1.54, 1.807) is 0 Å². The quantitative estimate of drug-likeness (QED) is 0.144. The van der Waals surface area contributed by atoms with Gasteiger partial charge in [-0.2, -0.15) is 0 Å². The summed E-state index contributed by atoms with van der Waals surface area (Å²) in [5, 5.41) is 0. The average molecular weight is 894 g/mol. The Labute approximate surface area is 411 Å². The molecule has 14 rings (SSSR count). The highest BCUT2D eigenvalue weighted by atomic mass is 15.1. The van der Waals surface area contributed by atoms with Crippen LogP contribution in [-0.2, 0) is 16.2 Å². The number of hydrogen-bond donors (Lipinski definition) is 0. The molecule has 0 unspecified atom stereocenters. The Balaban J connectivity index is 0.934. The third-order valence-corrected chi connectivity index (χ3v) is 16.8. The second-order valence-electron chi connectivity index (χ2n) is 19.7. The number of nitrogens with zero attached hydrogens (tertiary/aromatic N) is 1. The van der Waals surface area contributed by atoms with E-state index >= 15 is 0 Å². The van der Waals surface area contributed by atoms with E-state index in [1.807, 2.05) is 0 Å². The zero-order valence-corrected chi connectivity index (χ0v) is 39.5. The molecule has 0 fully saturated rings. The van der Waals surface area contributed by atoms with E-state index < -0.39 is 10.8 Å². The van der Waals surface area contributed by atoms with Gasteiger partial charge < -0.3 is 4.90 Å². The SMILES string of the molecule is CCC1(CC)c2cc(C=Cc3ccc4c(c3)C3(c5ccccc5-c5ccccc53)c3ccccc3C43c4ccccc4-c4ccccc43)ccc2-c2ccc(N(c3ccccc3)c3ccccc3)cc21. The van der Waals surface area contributed by atoms with Crippen LogP contribution in [0, 0.1) is 0 Å². The third-order valence-electron chi connectivity index (χ3n) is 16.8. The van der Waals surface area contributed by atoms with E-state index in [-0.39, 0.29) is 5.41 Å². The third kappa shape index (κ3) is 5.33. The van der Waals surface area contributed by atoms with Gasteiger partial charge >= 0.3 is 0 Å². The molecule has 332 valence electrons. The fourth-order valence-electron chi connectivity index (χ4n) is 13.9. The van der Waals surface area contributed by atoms with Crippen LogP contribution in [0.5, 0.6) is 0 Å². The summed E-state index contributed by atoms with van der Waals surface area (Å²) >= 11 is 0. The predicted molar refractivity (Wildman–Crippen MR) is 291 cm³/mol. The van der Waals surface area contributed by atoms with Gasteiger partial charge in [-0.25, -0.2) is 0 Å². The van der Waals surface area contributed by atoms with Gasteiger partial charge in [0.05, 0.1) is 10.8 Å². The van der Waals surface area contributed by atoms with E-state index in [0.29, 0.717) is 0 Å². The largest absolute Gasteiger partial charge is 0.310 e. The summed E-state index contributed by atoms with van der Waals surface area (Å²) in [6.45, 7) is 4.75. The molecular formula is C69H51N. The van der Waals surface area contributed by atoms with Gasteiger partial charge in [0.25, 0.3) is 0 Å². The highest BCUT2D eigenvalue weighted by Gasteiger charge is 2.59. The van der Waals surface area contributed by atoms with E-state index in [9.17, 15) is 0 Å². The lowest BCUT2D eigenvalue weighted by Gasteiger charge is -2.49. The van der Waals surface area contributed by atoms with Crippen molar-refractivity contribution in [1.82, 2.24) is 0 Å². The highest BCUT2D eigenvalue weighted by Crippen LogP contribution is 2.67. The summed E-state index contributed by atoms with van der Waals surface area (Å²) in [6.07, 6.45) is 6.75. The van der Waals surface area contributed by atoms with Gasteiger partial charge in [-0.05, 0) is 155 Å². The van der Waals surface area contributed by atoms with Crippen LogP contribution in [0.3, 0.4) is 0 Å². The number of hydrogen-bond acceptors (Lipinski definition) is 1. The fourth-order valence-corrected chi connectivity index (χ4v) is 13.9. The summed E-state index contributed by atoms with van der Waals surface area (Å²) in [5.74, 6) is 0. The summed E-state index contributed by atoms with van der Waals surface area (Å²) in [6, 6.07) is 89.4. The van der Waals surface area contributed by atoms with Crippen LogP contribution < -0.4 is 4.90 Å². The Morgan fingerprint density at radius 2 is 0.629 bits per heavy atom. The average Bonchev–Trinajstić information content (AvgIpc) is 4.01. The van der Waals surface area contributed by atoms with E-state index in [2.05, 4.69) is 267 Å². The van der Waals surface area contributed by atoms with Crippen LogP contribution in [0.4, 0.5) is 17.1 Å². The second kappa shape index (κ2) is 15.4. The molecule has 70 heavy (non-hydrogen) atoms. The molecule has 10 aromatic rings. The molecule has 1 nitrogen and oxygen atoms in total. The molecule has 4 aliphatic rings. The van der Waals surface area contributed by atoms with E-state index in [0.717, 1.165) is 24.2 Å². The van der Waals surface area contributed by atoms with Crippen molar-refractivity contribution in [1.29, 1.82) is 0 Å². The molecular weight excluding hydrogens is 843 g/mol. The Morgan fingerprint density at radius 1 is 0.286 bits per heavy atom. The van der Waals surface area contributed by atoms with E-state index in [1.165, 1.54) is 106 Å². The van der Waals surface area contributed by atoms with Gasteiger partial charge in [-0.15, -0.1) is 0 Å². The molecule has 0 radical (unpaired) electrons. The normalized spacial score (nSPS) is 15.1. The van der Waals surface area contributed by atoms with Crippen molar-refractivity contribution >= 4 is 29.2 Å². The van der Waals surface area contributed by atoms with Crippen LogP contribution in [0.15, 0.2) is 237 Å². The van der Waals surface area contributed by atoms with Gasteiger partial charge in [0, 0.05) is 22.5 Å². The molecule has 4 aliphatic carbocycles. The van der Waals surface area contributed by atoms with Gasteiger partial charge in [0.1, 0.15) is 0 Å². The van der Waals surface area contributed by atoms with Crippen LogP contribution in [0.25, 0.3) is 45.5 Å². The molecule has 0 saturated heterocycles. The first kappa shape index (κ1) is 40.8. The molecule has 2 spiro atoms. The molecule has 10 aromatic carbocycles. The summed E-state index contributed by atoms with van der Waals surface area (Å²) in [5.41, 5.74) is 26.5. The lowest BCUT2D eigenvalue weighted by molar-refractivity contribution is 0.490. The van der Waals surface area contributed by atoms with Crippen molar-refractivity contribution in [3.05, 3.63) is 303 Å². The van der Waals surface area contributed by atoms with Gasteiger partial charge in [0.15, 0.2) is 0 Å². The lowest BCUT2D eigenvalue weighted by Crippen LogP contribution is -2.43. The molecule has 0 atom stereocenters. The van der Waals surface area contributed by atoms with Crippen molar-refractivity contribution in [3.63, 3.8) is 0 Å². The second-order valence-corrected chi connectivity index (χ2v) is 19.7. The Morgan fingerprint density at radius 3 is 1.10 bits per heavy atom. The maximum atomic E-state index is 2.55. The van der Waals surface area contributed by atoms with Gasteiger partial charge in [0.2, 0.25) is 0 Å². The van der Waals surface area contributed by atoms with Crippen LogP contribution in [-0.4, -0.2) is 0 Å². The van der Waals surface area contributed by atoms with Crippen molar-refractivity contribution in [2.24, 2.45) is 0 Å². The predicted octanol–water partition coefficient (Wildman–Crippen LogP) is 17.5. The van der Waals surface area contributed by atoms with Gasteiger partial charge in [-0.3, -0.25) is 0 Å². The molecule has 1 heteroatoms. The molecule has 0 N–H and O–H groups in total. The molecule has 0 amide bonds. The summed E-state index contributed by atoms with van der Waals surface area (Å²) < 4.78 is 0. The van der Waals surface area contributed by atoms with Crippen molar-refractivity contribution in [2.75, 3.05) is 4.90 Å². The standard InChI is InChI=1S/C69H51N/c1-3-67(4-2)64-43-46(37-40-55(64)56-41-39-50(45-65(56)67)70(48-21-7-5-8-22-48)49-23-9-6-10-24-49)35-36-47-38-42-63-66(44-47)69(59-31-17-13-27-53(59)54-28-14-18-32-60(54)69)62-34-20-19-33-61(62)68(63)57-29-15-11-25-51(57)52-26-12-16-30-58(52)68/h5-45H,3-4H2,1-2H3. The number of anilines is 3. The maximum Gasteiger partial charge on any atom is 0.0720 e. The molecule has 0 saturated carbocycles. The van der Waals surface area contributed by atoms with Crippen LogP contribution in [0.1, 0.15) is 93.5 Å². The molecule has 0 aromatic heterocycles. The number of rotatable bonds is 7. The molecule has 0 aliphatic heterocycles. The maximum absolute atomic E-state index is 2.55. The Hall–Kier alpha value is -8.26.